The molecule has 1 aliphatic heterocycles. The zero-order valence-electron chi connectivity index (χ0n) is 9.74. The van der Waals surface area contributed by atoms with Crippen LogP contribution in [-0.4, -0.2) is 23.2 Å². The fraction of sp³-hybridized carbons (Fsp3) is 0.500. The van der Waals surface area contributed by atoms with Crippen molar-refractivity contribution in [3.8, 4) is 0 Å². The predicted octanol–water partition coefficient (Wildman–Crippen LogP) is 2.68. The van der Waals surface area contributed by atoms with Crippen molar-refractivity contribution in [1.29, 1.82) is 0 Å². The molecule has 0 bridgehead atoms. The summed E-state index contributed by atoms with van der Waals surface area (Å²) in [4.78, 5) is 13.6. The van der Waals surface area contributed by atoms with Gasteiger partial charge in [0.05, 0.1) is 12.0 Å². The van der Waals surface area contributed by atoms with Gasteiger partial charge in [0.2, 0.25) is 0 Å². The van der Waals surface area contributed by atoms with Gasteiger partial charge < -0.3 is 5.11 Å². The molecule has 0 aromatic heterocycles. The molecule has 0 spiro atoms. The minimum atomic E-state index is -0.434. The second-order valence-electron chi connectivity index (χ2n) is 5.04. The quantitative estimate of drug-likeness (QED) is 0.836. The molecule has 0 atom stereocenters. The smallest absolute Gasteiger partial charge is 0.171 e. The van der Waals surface area contributed by atoms with Gasteiger partial charge in [-0.1, -0.05) is 6.07 Å². The third-order valence-corrected chi connectivity index (χ3v) is 5.01. The van der Waals surface area contributed by atoms with Crippen molar-refractivity contribution in [3.05, 3.63) is 29.3 Å². The van der Waals surface area contributed by atoms with E-state index in [2.05, 4.69) is 6.07 Å². The number of aliphatic hydroxyl groups is 1. The molecule has 1 aromatic carbocycles. The van der Waals surface area contributed by atoms with E-state index in [4.69, 9.17) is 0 Å². The lowest BCUT2D eigenvalue weighted by molar-refractivity contribution is 0.0829. The average molecular weight is 248 g/mol. The van der Waals surface area contributed by atoms with E-state index in [1.54, 1.807) is 0 Å². The van der Waals surface area contributed by atoms with Crippen LogP contribution in [0.4, 0.5) is 0 Å². The number of carbonyl (C=O) groups excluding carboxylic acids is 1. The number of aliphatic hydroxyl groups excluding tert-OH is 1. The Balaban J connectivity index is 1.91. The van der Waals surface area contributed by atoms with Gasteiger partial charge in [0.1, 0.15) is 0 Å². The van der Waals surface area contributed by atoms with Crippen LogP contribution in [0, 0.1) is 5.41 Å². The second kappa shape index (κ2) is 4.14. The summed E-state index contributed by atoms with van der Waals surface area (Å²) in [6.45, 7) is -0.00231. The maximum absolute atomic E-state index is 12.3. The highest BCUT2D eigenvalue weighted by Gasteiger charge is 2.49. The lowest BCUT2D eigenvalue weighted by Gasteiger charge is -2.17. The number of aryl methyl sites for hydroxylation is 1. The van der Waals surface area contributed by atoms with Gasteiger partial charge in [-0.15, -0.1) is 11.8 Å². The van der Waals surface area contributed by atoms with Crippen LogP contribution in [0.1, 0.15) is 35.2 Å². The predicted molar refractivity (Wildman–Crippen MR) is 68.6 cm³/mol. The molecular weight excluding hydrogens is 232 g/mol. The van der Waals surface area contributed by atoms with Crippen LogP contribution in [-0.2, 0) is 6.42 Å². The summed E-state index contributed by atoms with van der Waals surface area (Å²) in [6, 6.07) is 6.04. The van der Waals surface area contributed by atoms with E-state index in [1.807, 2.05) is 23.9 Å². The van der Waals surface area contributed by atoms with Gasteiger partial charge in [0.25, 0.3) is 0 Å². The van der Waals surface area contributed by atoms with Crippen LogP contribution < -0.4 is 0 Å². The third-order valence-electron chi connectivity index (χ3n) is 3.81. The Kier molecular flexibility index (Phi) is 2.75. The zero-order chi connectivity index (χ0) is 11.9. The highest BCUT2D eigenvalue weighted by molar-refractivity contribution is 7.99. The molecule has 17 heavy (non-hydrogen) atoms. The molecule has 90 valence electrons. The molecule has 3 heteroatoms. The first-order chi connectivity index (χ1) is 8.25. The minimum absolute atomic E-state index is 0.00231. The van der Waals surface area contributed by atoms with Crippen LogP contribution in [0.3, 0.4) is 0 Å². The van der Waals surface area contributed by atoms with Gasteiger partial charge in [-0.2, -0.15) is 0 Å². The van der Waals surface area contributed by atoms with E-state index in [0.717, 1.165) is 24.8 Å². The molecular formula is C14H16O2S. The molecule has 2 nitrogen and oxygen atoms in total. The van der Waals surface area contributed by atoms with E-state index in [9.17, 15) is 9.90 Å². The Morgan fingerprint density at radius 3 is 2.94 bits per heavy atom. The normalized spacial score (nSPS) is 20.8. The van der Waals surface area contributed by atoms with E-state index in [0.29, 0.717) is 0 Å². The van der Waals surface area contributed by atoms with E-state index in [-0.39, 0.29) is 12.4 Å². The summed E-state index contributed by atoms with van der Waals surface area (Å²) in [5.41, 5.74) is 1.66. The summed E-state index contributed by atoms with van der Waals surface area (Å²) in [6.07, 6.45) is 3.96. The van der Waals surface area contributed by atoms with Gasteiger partial charge in [0.15, 0.2) is 5.78 Å². The molecule has 1 N–H and O–H groups in total. The van der Waals surface area contributed by atoms with E-state index >= 15 is 0 Å². The Labute approximate surface area is 105 Å². The molecule has 2 aliphatic rings. The number of rotatable bonds is 3. The number of fused-ring (bicyclic) bond motifs is 1. The molecule has 1 aliphatic carbocycles. The molecule has 1 heterocycles. The SMILES string of the molecule is O=C(c1ccc2c(c1)CCCS2)C1(CO)CC1. The Morgan fingerprint density at radius 2 is 2.24 bits per heavy atom. The second-order valence-corrected chi connectivity index (χ2v) is 6.18. The summed E-state index contributed by atoms with van der Waals surface area (Å²) in [7, 11) is 0. The number of hydrogen-bond acceptors (Lipinski definition) is 3. The summed E-state index contributed by atoms with van der Waals surface area (Å²) < 4.78 is 0. The fourth-order valence-electron chi connectivity index (χ4n) is 2.42. The van der Waals surface area contributed by atoms with Crippen molar-refractivity contribution in [2.75, 3.05) is 12.4 Å². The van der Waals surface area contributed by atoms with Crippen molar-refractivity contribution in [3.63, 3.8) is 0 Å². The standard InChI is InChI=1S/C14H16O2S/c15-9-14(5-6-14)13(16)11-3-4-12-10(8-11)2-1-7-17-12/h3-4,8,15H,1-2,5-7,9H2. The Morgan fingerprint density at radius 1 is 1.41 bits per heavy atom. The van der Waals surface area contributed by atoms with Gasteiger partial charge in [-0.25, -0.2) is 0 Å². The highest BCUT2D eigenvalue weighted by Crippen LogP contribution is 2.48. The van der Waals surface area contributed by atoms with Gasteiger partial charge in [0, 0.05) is 10.5 Å². The molecule has 3 rings (SSSR count). The van der Waals surface area contributed by atoms with Gasteiger partial charge in [-0.3, -0.25) is 4.79 Å². The number of hydrogen-bond donors (Lipinski definition) is 1. The maximum atomic E-state index is 12.3. The van der Waals surface area contributed by atoms with E-state index < -0.39 is 5.41 Å². The van der Waals surface area contributed by atoms with Crippen molar-refractivity contribution in [1.82, 2.24) is 0 Å². The van der Waals surface area contributed by atoms with Crippen LogP contribution in [0.25, 0.3) is 0 Å². The highest BCUT2D eigenvalue weighted by atomic mass is 32.2. The molecule has 0 amide bonds. The summed E-state index contributed by atoms with van der Waals surface area (Å²) in [5.74, 6) is 1.32. The number of carbonyl (C=O) groups is 1. The molecule has 1 aromatic rings. The van der Waals surface area contributed by atoms with Crippen molar-refractivity contribution in [2.24, 2.45) is 5.41 Å². The zero-order valence-corrected chi connectivity index (χ0v) is 10.6. The first kappa shape index (κ1) is 11.3. The van der Waals surface area contributed by atoms with Crippen LogP contribution >= 0.6 is 11.8 Å². The first-order valence-corrected chi connectivity index (χ1v) is 7.15. The number of benzene rings is 1. The van der Waals surface area contributed by atoms with Crippen molar-refractivity contribution >= 4 is 17.5 Å². The van der Waals surface area contributed by atoms with Crippen LogP contribution in [0.15, 0.2) is 23.1 Å². The Hall–Kier alpha value is -0.800. The lowest BCUT2D eigenvalue weighted by atomic mass is 9.93. The minimum Gasteiger partial charge on any atom is -0.395 e. The third kappa shape index (κ3) is 1.91. The molecule has 0 radical (unpaired) electrons. The summed E-state index contributed by atoms with van der Waals surface area (Å²) >= 11 is 1.88. The molecule has 0 saturated heterocycles. The first-order valence-electron chi connectivity index (χ1n) is 6.17. The number of Topliss-reactive ketones (excluding diaryl/α,β-unsaturated/α-hetero) is 1. The van der Waals surface area contributed by atoms with Gasteiger partial charge >= 0.3 is 0 Å². The monoisotopic (exact) mass is 248 g/mol. The number of ketones is 1. The van der Waals surface area contributed by atoms with Crippen LogP contribution in [0.5, 0.6) is 0 Å². The van der Waals surface area contributed by atoms with Gasteiger partial charge in [-0.05, 0) is 49.1 Å². The average Bonchev–Trinajstić information content (AvgIpc) is 3.18. The van der Waals surface area contributed by atoms with E-state index in [1.165, 1.54) is 22.6 Å². The molecule has 0 unspecified atom stereocenters. The molecule has 1 saturated carbocycles. The fourth-order valence-corrected chi connectivity index (χ4v) is 3.43. The largest absolute Gasteiger partial charge is 0.395 e. The maximum Gasteiger partial charge on any atom is 0.171 e. The number of thioether (sulfide) groups is 1. The Bertz CT molecular complexity index is 463. The lowest BCUT2D eigenvalue weighted by Crippen LogP contribution is -2.20. The summed E-state index contributed by atoms with van der Waals surface area (Å²) in [5, 5.41) is 9.30. The topological polar surface area (TPSA) is 37.3 Å². The van der Waals surface area contributed by atoms with Crippen molar-refractivity contribution < 1.29 is 9.90 Å². The molecule has 1 fully saturated rings. The van der Waals surface area contributed by atoms with Crippen molar-refractivity contribution in [2.45, 2.75) is 30.6 Å². The van der Waals surface area contributed by atoms with Crippen LogP contribution in [0.2, 0.25) is 0 Å².